The molecule has 0 atom stereocenters. The summed E-state index contributed by atoms with van der Waals surface area (Å²) in [5.41, 5.74) is 2.63. The molecular weight excluding hydrogens is 338 g/mol. The third-order valence-corrected chi connectivity index (χ3v) is 6.42. The summed E-state index contributed by atoms with van der Waals surface area (Å²) in [7, 11) is -0.170. The molecule has 1 aliphatic heterocycles. The van der Waals surface area contributed by atoms with Gasteiger partial charge < -0.3 is 9.64 Å². The first-order valence-corrected chi connectivity index (χ1v) is 9.62. The molecule has 0 amide bonds. The Hall–Kier alpha value is -2.18. The molecule has 3 rings (SSSR count). The topological polar surface area (TPSA) is 63.7 Å². The first-order valence-electron chi connectivity index (χ1n) is 8.14. The molecule has 132 valence electrons. The molecule has 0 fully saturated rings. The van der Waals surface area contributed by atoms with Crippen molar-refractivity contribution in [3.05, 3.63) is 53.1 Å². The molecule has 6 heteroatoms. The van der Waals surface area contributed by atoms with Gasteiger partial charge in [-0.2, -0.15) is 0 Å². The molecule has 1 aliphatic rings. The minimum absolute atomic E-state index is 0.155. The SMILES string of the molecule is COc1cc2c(cc1S(=O)(=O)c1ccc(C=O)cc1)CCN(C)CC2. The summed E-state index contributed by atoms with van der Waals surface area (Å²) in [6, 6.07) is 9.52. The molecule has 0 saturated heterocycles. The molecule has 1 heterocycles. The highest BCUT2D eigenvalue weighted by Gasteiger charge is 2.25. The zero-order chi connectivity index (χ0) is 18.0. The van der Waals surface area contributed by atoms with Gasteiger partial charge in [0.25, 0.3) is 0 Å². The summed E-state index contributed by atoms with van der Waals surface area (Å²) in [6.45, 7) is 1.84. The van der Waals surface area contributed by atoms with Gasteiger partial charge in [0.2, 0.25) is 9.84 Å². The van der Waals surface area contributed by atoms with Crippen LogP contribution in [0, 0.1) is 0 Å². The lowest BCUT2D eigenvalue weighted by atomic mass is 10.0. The van der Waals surface area contributed by atoms with Crippen LogP contribution >= 0.6 is 0 Å². The molecule has 0 saturated carbocycles. The Kier molecular flexibility index (Phi) is 4.92. The Morgan fingerprint density at radius 3 is 2.20 bits per heavy atom. The monoisotopic (exact) mass is 359 g/mol. The van der Waals surface area contributed by atoms with Crippen LogP contribution in [0.2, 0.25) is 0 Å². The van der Waals surface area contributed by atoms with Crippen molar-refractivity contribution in [2.45, 2.75) is 22.6 Å². The van der Waals surface area contributed by atoms with Gasteiger partial charge in [0.05, 0.1) is 12.0 Å². The number of nitrogens with zero attached hydrogens (tertiary/aromatic N) is 1. The normalized spacial score (nSPS) is 15.3. The van der Waals surface area contributed by atoms with Crippen molar-refractivity contribution in [1.29, 1.82) is 0 Å². The smallest absolute Gasteiger partial charge is 0.210 e. The fraction of sp³-hybridized carbons (Fsp3) is 0.316. The number of aldehydes is 1. The maximum atomic E-state index is 13.1. The van der Waals surface area contributed by atoms with Crippen LogP contribution in [-0.2, 0) is 22.7 Å². The number of likely N-dealkylation sites (N-methyl/N-ethyl adjacent to an activating group) is 1. The number of ether oxygens (including phenoxy) is 1. The predicted molar refractivity (Wildman–Crippen MR) is 95.2 cm³/mol. The fourth-order valence-corrected chi connectivity index (χ4v) is 4.52. The third-order valence-electron chi connectivity index (χ3n) is 4.63. The second-order valence-electron chi connectivity index (χ2n) is 6.27. The van der Waals surface area contributed by atoms with Gasteiger partial charge in [-0.05, 0) is 55.3 Å². The van der Waals surface area contributed by atoms with Crippen molar-refractivity contribution in [1.82, 2.24) is 4.90 Å². The molecule has 25 heavy (non-hydrogen) atoms. The van der Waals surface area contributed by atoms with E-state index in [0.717, 1.165) is 37.1 Å². The van der Waals surface area contributed by atoms with E-state index >= 15 is 0 Å². The number of hydrogen-bond donors (Lipinski definition) is 0. The van der Waals surface area contributed by atoms with E-state index in [1.54, 1.807) is 6.07 Å². The second kappa shape index (κ2) is 6.98. The van der Waals surface area contributed by atoms with E-state index in [-0.39, 0.29) is 9.79 Å². The van der Waals surface area contributed by atoms with E-state index in [1.165, 1.54) is 31.4 Å². The zero-order valence-electron chi connectivity index (χ0n) is 14.4. The predicted octanol–water partition coefficient (Wildman–Crippen LogP) is 2.37. The van der Waals surface area contributed by atoms with E-state index in [4.69, 9.17) is 4.74 Å². The van der Waals surface area contributed by atoms with E-state index in [2.05, 4.69) is 11.9 Å². The summed E-state index contributed by atoms with van der Waals surface area (Å²) in [5.74, 6) is 0.364. The third kappa shape index (κ3) is 3.45. The number of rotatable bonds is 4. The Labute approximate surface area is 148 Å². The van der Waals surface area contributed by atoms with Crippen LogP contribution in [0.25, 0.3) is 0 Å². The summed E-state index contributed by atoms with van der Waals surface area (Å²) < 4.78 is 31.5. The van der Waals surface area contributed by atoms with Gasteiger partial charge in [-0.15, -0.1) is 0 Å². The second-order valence-corrected chi connectivity index (χ2v) is 8.18. The van der Waals surface area contributed by atoms with Crippen LogP contribution in [-0.4, -0.2) is 46.9 Å². The first-order chi connectivity index (χ1) is 12.0. The van der Waals surface area contributed by atoms with Crippen molar-refractivity contribution in [3.8, 4) is 5.75 Å². The van der Waals surface area contributed by atoms with E-state index in [0.29, 0.717) is 17.6 Å². The number of benzene rings is 2. The van der Waals surface area contributed by atoms with E-state index in [1.807, 2.05) is 6.07 Å². The largest absolute Gasteiger partial charge is 0.495 e. The average Bonchev–Trinajstić information content (AvgIpc) is 2.82. The Morgan fingerprint density at radius 2 is 1.64 bits per heavy atom. The molecule has 0 N–H and O–H groups in total. The van der Waals surface area contributed by atoms with Crippen LogP contribution in [0.3, 0.4) is 0 Å². The van der Waals surface area contributed by atoms with E-state index in [9.17, 15) is 13.2 Å². The fourth-order valence-electron chi connectivity index (χ4n) is 3.07. The summed E-state index contributed by atoms with van der Waals surface area (Å²) in [5, 5.41) is 0. The number of carbonyl (C=O) groups excluding carboxylic acids is 1. The van der Waals surface area contributed by atoms with Crippen molar-refractivity contribution in [3.63, 3.8) is 0 Å². The van der Waals surface area contributed by atoms with Crippen molar-refractivity contribution < 1.29 is 17.9 Å². The minimum atomic E-state index is -3.72. The highest BCUT2D eigenvalue weighted by atomic mass is 32.2. The molecule has 0 aromatic heterocycles. The van der Waals surface area contributed by atoms with Crippen LogP contribution in [0.5, 0.6) is 5.75 Å². The molecule has 0 spiro atoms. The Balaban J connectivity index is 2.10. The van der Waals surface area contributed by atoms with Crippen LogP contribution in [0.1, 0.15) is 21.5 Å². The standard InChI is InChI=1S/C19H21NO4S/c1-20-9-7-15-11-18(24-2)19(12-16(15)8-10-20)25(22,23)17-5-3-14(13-21)4-6-17/h3-6,11-13H,7-10H2,1-2H3. The van der Waals surface area contributed by atoms with Gasteiger partial charge in [0, 0.05) is 18.7 Å². The van der Waals surface area contributed by atoms with Gasteiger partial charge in [-0.25, -0.2) is 8.42 Å². The summed E-state index contributed by atoms with van der Waals surface area (Å²) in [6.07, 6.45) is 2.37. The lowest BCUT2D eigenvalue weighted by molar-refractivity contribution is 0.112. The number of carbonyl (C=O) groups is 1. The lowest BCUT2D eigenvalue weighted by Crippen LogP contribution is -2.20. The number of hydrogen-bond acceptors (Lipinski definition) is 5. The highest BCUT2D eigenvalue weighted by Crippen LogP contribution is 2.33. The van der Waals surface area contributed by atoms with E-state index < -0.39 is 9.84 Å². The van der Waals surface area contributed by atoms with Crippen LogP contribution in [0.15, 0.2) is 46.2 Å². The lowest BCUT2D eigenvalue weighted by Gasteiger charge is -2.14. The van der Waals surface area contributed by atoms with Gasteiger partial charge in [-0.3, -0.25) is 4.79 Å². The van der Waals surface area contributed by atoms with Crippen molar-refractivity contribution in [2.75, 3.05) is 27.2 Å². The number of methoxy groups -OCH3 is 1. The zero-order valence-corrected chi connectivity index (χ0v) is 15.2. The maximum absolute atomic E-state index is 13.1. The van der Waals surface area contributed by atoms with Crippen LogP contribution in [0.4, 0.5) is 0 Å². The van der Waals surface area contributed by atoms with Gasteiger partial charge in [0.1, 0.15) is 16.9 Å². The highest BCUT2D eigenvalue weighted by molar-refractivity contribution is 7.91. The molecule has 0 radical (unpaired) electrons. The van der Waals surface area contributed by atoms with Crippen molar-refractivity contribution >= 4 is 16.1 Å². The van der Waals surface area contributed by atoms with Crippen LogP contribution < -0.4 is 4.74 Å². The molecule has 5 nitrogen and oxygen atoms in total. The van der Waals surface area contributed by atoms with Gasteiger partial charge in [0.15, 0.2) is 0 Å². The quantitative estimate of drug-likeness (QED) is 0.784. The summed E-state index contributed by atoms with van der Waals surface area (Å²) in [4.78, 5) is 13.4. The molecule has 0 bridgehead atoms. The Morgan fingerprint density at radius 1 is 1.04 bits per heavy atom. The molecule has 2 aromatic rings. The van der Waals surface area contributed by atoms with Crippen molar-refractivity contribution in [2.24, 2.45) is 0 Å². The molecule has 2 aromatic carbocycles. The number of sulfone groups is 1. The first kappa shape index (κ1) is 17.6. The summed E-state index contributed by atoms with van der Waals surface area (Å²) >= 11 is 0. The van der Waals surface area contributed by atoms with Gasteiger partial charge in [-0.1, -0.05) is 12.1 Å². The molecule has 0 aliphatic carbocycles. The molecule has 0 unspecified atom stereocenters. The number of fused-ring (bicyclic) bond motifs is 1. The average molecular weight is 359 g/mol. The molecular formula is C19H21NO4S. The Bertz CT molecular complexity index is 888. The van der Waals surface area contributed by atoms with Gasteiger partial charge >= 0.3 is 0 Å². The maximum Gasteiger partial charge on any atom is 0.210 e. The minimum Gasteiger partial charge on any atom is -0.495 e.